The van der Waals surface area contributed by atoms with Crippen molar-refractivity contribution in [1.29, 1.82) is 0 Å². The van der Waals surface area contributed by atoms with Crippen molar-refractivity contribution in [1.82, 2.24) is 10.2 Å². The fourth-order valence-electron chi connectivity index (χ4n) is 2.09. The van der Waals surface area contributed by atoms with Crippen LogP contribution in [0.1, 0.15) is 38.2 Å². The lowest BCUT2D eigenvalue weighted by molar-refractivity contribution is -0.128. The van der Waals surface area contributed by atoms with E-state index >= 15 is 0 Å². The summed E-state index contributed by atoms with van der Waals surface area (Å²) in [4.78, 5) is 25.0. The minimum Gasteiger partial charge on any atom is -0.450 e. The second kappa shape index (κ2) is 11.5. The summed E-state index contributed by atoms with van der Waals surface area (Å²) < 4.78 is 5.03. The van der Waals surface area contributed by atoms with Gasteiger partial charge in [0.2, 0.25) is 5.91 Å². The Morgan fingerprint density at radius 3 is 2.57 bits per heavy atom. The molecule has 5 nitrogen and oxygen atoms in total. The van der Waals surface area contributed by atoms with Crippen molar-refractivity contribution < 1.29 is 14.3 Å². The second-order valence-corrected chi connectivity index (χ2v) is 5.60. The zero-order chi connectivity index (χ0) is 16.9. The number of carbonyl (C=O) groups is 2. The summed E-state index contributed by atoms with van der Waals surface area (Å²) in [6.45, 7) is 3.13. The van der Waals surface area contributed by atoms with Gasteiger partial charge in [-0.05, 0) is 18.4 Å². The third kappa shape index (κ3) is 8.86. The summed E-state index contributed by atoms with van der Waals surface area (Å²) >= 11 is 0. The Labute approximate surface area is 139 Å². The summed E-state index contributed by atoms with van der Waals surface area (Å²) in [5.74, 6) is -0.121. The summed E-state index contributed by atoms with van der Waals surface area (Å²) in [5, 5.41) is 2.50. The van der Waals surface area contributed by atoms with Gasteiger partial charge in [0.15, 0.2) is 0 Å². The second-order valence-electron chi connectivity index (χ2n) is 5.60. The van der Waals surface area contributed by atoms with E-state index in [0.29, 0.717) is 13.2 Å². The first-order valence-corrected chi connectivity index (χ1v) is 8.32. The van der Waals surface area contributed by atoms with Crippen LogP contribution in [-0.2, 0) is 16.0 Å². The number of amides is 2. The number of carbonyl (C=O) groups excluding carboxylic acids is 2. The van der Waals surface area contributed by atoms with E-state index in [9.17, 15) is 9.59 Å². The van der Waals surface area contributed by atoms with E-state index in [1.54, 1.807) is 11.9 Å². The molecule has 0 bridgehead atoms. The van der Waals surface area contributed by atoms with Crippen molar-refractivity contribution in [2.24, 2.45) is 0 Å². The molecule has 0 fully saturated rings. The lowest BCUT2D eigenvalue weighted by Crippen LogP contribution is -2.39. The number of hydrogen-bond acceptors (Lipinski definition) is 3. The minimum absolute atomic E-state index is 0.0287. The van der Waals surface area contributed by atoms with Gasteiger partial charge in [0.25, 0.3) is 0 Å². The van der Waals surface area contributed by atoms with E-state index in [1.807, 2.05) is 30.3 Å². The highest BCUT2D eigenvalue weighted by Gasteiger charge is 2.10. The van der Waals surface area contributed by atoms with Gasteiger partial charge in [0, 0.05) is 13.6 Å². The van der Waals surface area contributed by atoms with Crippen LogP contribution >= 0.6 is 0 Å². The van der Waals surface area contributed by atoms with Gasteiger partial charge in [-0.25, -0.2) is 4.79 Å². The molecule has 0 aliphatic heterocycles. The molecule has 0 unspecified atom stereocenters. The summed E-state index contributed by atoms with van der Waals surface area (Å²) in [5.41, 5.74) is 1.19. The van der Waals surface area contributed by atoms with Crippen LogP contribution in [-0.4, -0.2) is 43.6 Å². The van der Waals surface area contributed by atoms with Gasteiger partial charge < -0.3 is 15.0 Å². The average molecular weight is 320 g/mol. The molecule has 128 valence electrons. The van der Waals surface area contributed by atoms with Crippen molar-refractivity contribution in [3.8, 4) is 0 Å². The summed E-state index contributed by atoms with van der Waals surface area (Å²) in [7, 11) is 1.74. The number of ether oxygens (including phenoxy) is 1. The highest BCUT2D eigenvalue weighted by atomic mass is 16.5. The highest BCUT2D eigenvalue weighted by Crippen LogP contribution is 2.01. The van der Waals surface area contributed by atoms with E-state index in [0.717, 1.165) is 32.1 Å². The molecule has 0 aromatic heterocycles. The molecule has 0 radical (unpaired) electrons. The molecule has 1 aromatic carbocycles. The Hall–Kier alpha value is -2.04. The molecule has 1 rings (SSSR count). The van der Waals surface area contributed by atoms with Crippen molar-refractivity contribution in [2.45, 2.75) is 39.0 Å². The maximum atomic E-state index is 11.9. The van der Waals surface area contributed by atoms with Gasteiger partial charge in [0.05, 0.1) is 6.61 Å². The first kappa shape index (κ1) is 19.0. The van der Waals surface area contributed by atoms with Crippen LogP contribution in [0.4, 0.5) is 4.79 Å². The Morgan fingerprint density at radius 1 is 1.13 bits per heavy atom. The van der Waals surface area contributed by atoms with Crippen LogP contribution < -0.4 is 5.32 Å². The molecule has 5 heteroatoms. The highest BCUT2D eigenvalue weighted by molar-refractivity contribution is 5.82. The summed E-state index contributed by atoms with van der Waals surface area (Å²) in [6.07, 6.45) is 4.50. The van der Waals surface area contributed by atoms with E-state index in [2.05, 4.69) is 12.2 Å². The number of nitrogens with one attached hydrogen (secondary N) is 1. The van der Waals surface area contributed by atoms with Gasteiger partial charge in [-0.2, -0.15) is 0 Å². The van der Waals surface area contributed by atoms with Crippen molar-refractivity contribution in [2.75, 3.05) is 26.7 Å². The minimum atomic E-state index is -0.522. The number of nitrogens with zero attached hydrogens (tertiary/aromatic N) is 1. The predicted molar refractivity (Wildman–Crippen MR) is 91.3 cm³/mol. The maximum Gasteiger partial charge on any atom is 0.407 e. The van der Waals surface area contributed by atoms with E-state index in [4.69, 9.17) is 4.74 Å². The Morgan fingerprint density at radius 2 is 1.87 bits per heavy atom. The summed E-state index contributed by atoms with van der Waals surface area (Å²) in [6, 6.07) is 10.00. The SMILES string of the molecule is CCCCCCOC(=O)NCC(=O)N(C)CCc1ccccc1. The fourth-order valence-corrected chi connectivity index (χ4v) is 2.09. The van der Waals surface area contributed by atoms with Gasteiger partial charge in [-0.15, -0.1) is 0 Å². The van der Waals surface area contributed by atoms with Gasteiger partial charge >= 0.3 is 6.09 Å². The van der Waals surface area contributed by atoms with Gasteiger partial charge in [-0.1, -0.05) is 56.5 Å². The number of alkyl carbamates (subject to hydrolysis) is 1. The van der Waals surface area contributed by atoms with Crippen LogP contribution in [0.25, 0.3) is 0 Å². The first-order chi connectivity index (χ1) is 11.1. The number of unbranched alkanes of at least 4 members (excludes halogenated alkanes) is 3. The first-order valence-electron chi connectivity index (χ1n) is 8.32. The molecule has 23 heavy (non-hydrogen) atoms. The Balaban J connectivity index is 2.13. The molecule has 1 aromatic rings. The molecule has 1 N–H and O–H groups in total. The standard InChI is InChI=1S/C18H28N2O3/c1-3-4-5-9-14-23-18(22)19-15-17(21)20(2)13-12-16-10-7-6-8-11-16/h6-8,10-11H,3-5,9,12-15H2,1-2H3,(H,19,22). The number of likely N-dealkylation sites (N-methyl/N-ethyl adjacent to an activating group) is 1. The molecule has 0 saturated heterocycles. The van der Waals surface area contributed by atoms with Crippen molar-refractivity contribution in [3.05, 3.63) is 35.9 Å². The van der Waals surface area contributed by atoms with Gasteiger partial charge in [-0.3, -0.25) is 4.79 Å². The van der Waals surface area contributed by atoms with Crippen LogP contribution in [0.3, 0.4) is 0 Å². The number of hydrogen-bond donors (Lipinski definition) is 1. The predicted octanol–water partition coefficient (Wildman–Crippen LogP) is 2.99. The van der Waals surface area contributed by atoms with Crippen LogP contribution in [0.15, 0.2) is 30.3 Å². The lowest BCUT2D eigenvalue weighted by Gasteiger charge is -2.17. The zero-order valence-electron chi connectivity index (χ0n) is 14.2. The molecule has 0 spiro atoms. The molecule has 0 atom stereocenters. The van der Waals surface area contributed by atoms with Crippen LogP contribution in [0.2, 0.25) is 0 Å². The topological polar surface area (TPSA) is 58.6 Å². The van der Waals surface area contributed by atoms with Crippen LogP contribution in [0.5, 0.6) is 0 Å². The third-order valence-corrected chi connectivity index (χ3v) is 3.62. The molecule has 0 aliphatic carbocycles. The maximum absolute atomic E-state index is 11.9. The largest absolute Gasteiger partial charge is 0.450 e. The lowest BCUT2D eigenvalue weighted by atomic mass is 10.1. The van der Waals surface area contributed by atoms with E-state index in [1.165, 1.54) is 5.56 Å². The molecule has 0 heterocycles. The van der Waals surface area contributed by atoms with Crippen LogP contribution in [0, 0.1) is 0 Å². The zero-order valence-corrected chi connectivity index (χ0v) is 14.2. The Kier molecular flexibility index (Phi) is 9.52. The smallest absolute Gasteiger partial charge is 0.407 e. The quantitative estimate of drug-likeness (QED) is 0.674. The van der Waals surface area contributed by atoms with E-state index < -0.39 is 6.09 Å². The average Bonchev–Trinajstić information content (AvgIpc) is 2.58. The molecular formula is C18H28N2O3. The van der Waals surface area contributed by atoms with Gasteiger partial charge in [0.1, 0.15) is 6.54 Å². The monoisotopic (exact) mass is 320 g/mol. The van der Waals surface area contributed by atoms with Crippen molar-refractivity contribution >= 4 is 12.0 Å². The molecule has 0 saturated carbocycles. The molecule has 0 aliphatic rings. The normalized spacial score (nSPS) is 10.2. The fraction of sp³-hybridized carbons (Fsp3) is 0.556. The third-order valence-electron chi connectivity index (χ3n) is 3.62. The number of benzene rings is 1. The molecule has 2 amide bonds. The van der Waals surface area contributed by atoms with E-state index in [-0.39, 0.29) is 12.5 Å². The van der Waals surface area contributed by atoms with Crippen molar-refractivity contribution in [3.63, 3.8) is 0 Å². The Bertz CT molecular complexity index is 463. The number of rotatable bonds is 10. The molecular weight excluding hydrogens is 292 g/mol.